The molecule has 3 unspecified atom stereocenters. The highest BCUT2D eigenvalue weighted by atomic mass is 16.7. The molecule has 2 aliphatic rings. The molecule has 1 heterocycles. The van der Waals surface area contributed by atoms with E-state index in [9.17, 15) is 9.90 Å². The lowest BCUT2D eigenvalue weighted by atomic mass is 9.78. The Labute approximate surface area is 211 Å². The van der Waals surface area contributed by atoms with Crippen LogP contribution in [0, 0.1) is 5.92 Å². The fourth-order valence-corrected chi connectivity index (χ4v) is 5.48. The fraction of sp³-hybridized carbons (Fsp3) is 0.300. The maximum absolute atomic E-state index is 13.0. The number of hydrogen-bond donors (Lipinski definition) is 1. The first-order chi connectivity index (χ1) is 17.5. The summed E-state index contributed by atoms with van der Waals surface area (Å²) in [6, 6.07) is 17.5. The van der Waals surface area contributed by atoms with Crippen LogP contribution in [0.4, 0.5) is 0 Å². The Morgan fingerprint density at radius 2 is 1.78 bits per heavy atom. The third-order valence-corrected chi connectivity index (χ3v) is 7.01. The van der Waals surface area contributed by atoms with E-state index in [4.69, 9.17) is 18.9 Å². The molecule has 0 radical (unpaired) electrons. The summed E-state index contributed by atoms with van der Waals surface area (Å²) in [5, 5.41) is 10.6. The topological polar surface area (TPSA) is 74.2 Å². The van der Waals surface area contributed by atoms with Crippen molar-refractivity contribution in [1.29, 1.82) is 0 Å². The molecule has 3 atom stereocenters. The maximum atomic E-state index is 13.0. The van der Waals surface area contributed by atoms with Gasteiger partial charge < -0.3 is 24.1 Å². The van der Waals surface area contributed by atoms with E-state index in [-0.39, 0.29) is 18.6 Å². The van der Waals surface area contributed by atoms with Crippen molar-refractivity contribution in [3.8, 4) is 23.0 Å². The number of carboxylic acids is 1. The highest BCUT2D eigenvalue weighted by Gasteiger charge is 2.47. The molecule has 5 rings (SSSR count). The molecule has 0 spiro atoms. The van der Waals surface area contributed by atoms with Crippen molar-refractivity contribution >= 4 is 5.97 Å². The van der Waals surface area contributed by atoms with Gasteiger partial charge in [-0.05, 0) is 77.1 Å². The lowest BCUT2D eigenvalue weighted by Crippen LogP contribution is -2.24. The van der Waals surface area contributed by atoms with Gasteiger partial charge in [-0.25, -0.2) is 0 Å². The number of fused-ring (bicyclic) bond motifs is 2. The van der Waals surface area contributed by atoms with Gasteiger partial charge in [-0.15, -0.1) is 6.58 Å². The summed E-state index contributed by atoms with van der Waals surface area (Å²) in [4.78, 5) is 13.0. The zero-order valence-corrected chi connectivity index (χ0v) is 20.5. The van der Waals surface area contributed by atoms with Crippen molar-refractivity contribution in [3.05, 3.63) is 95.1 Å². The van der Waals surface area contributed by atoms with E-state index < -0.39 is 11.9 Å². The molecule has 0 aromatic heterocycles. The van der Waals surface area contributed by atoms with Gasteiger partial charge in [0.15, 0.2) is 11.5 Å². The summed E-state index contributed by atoms with van der Waals surface area (Å²) in [7, 11) is 1.63. The average molecular weight is 487 g/mol. The van der Waals surface area contributed by atoms with Gasteiger partial charge in [0, 0.05) is 11.8 Å². The predicted octanol–water partition coefficient (Wildman–Crippen LogP) is 5.92. The second-order valence-corrected chi connectivity index (χ2v) is 9.13. The minimum absolute atomic E-state index is 0.167. The number of carboxylic acid groups (broad SMARTS) is 1. The molecule has 36 heavy (non-hydrogen) atoms. The Hall–Kier alpha value is -3.93. The lowest BCUT2D eigenvalue weighted by molar-refractivity contribution is -0.142. The van der Waals surface area contributed by atoms with Crippen LogP contribution in [-0.4, -0.2) is 31.6 Å². The lowest BCUT2D eigenvalue weighted by Gasteiger charge is -2.25. The van der Waals surface area contributed by atoms with Crippen molar-refractivity contribution in [2.45, 2.75) is 31.6 Å². The zero-order valence-electron chi connectivity index (χ0n) is 20.5. The standard InChI is InChI=1S/C30H30O6/c1-4-6-18-14-20(33-3)8-10-22(18)28-24-16-21(34-13-5-2)9-11-23(24)27(29(28)30(31)32)19-7-12-25-26(15-19)36-17-35-25/h4,7-12,14-16,27-29H,1,5-6,13,17H2,2-3H3,(H,31,32). The van der Waals surface area contributed by atoms with E-state index >= 15 is 0 Å². The monoisotopic (exact) mass is 486 g/mol. The molecular formula is C30H30O6. The number of ether oxygens (including phenoxy) is 4. The molecule has 6 nitrogen and oxygen atoms in total. The summed E-state index contributed by atoms with van der Waals surface area (Å²) in [6.45, 7) is 6.74. The third kappa shape index (κ3) is 4.17. The van der Waals surface area contributed by atoms with Crippen LogP contribution in [0.25, 0.3) is 0 Å². The molecule has 1 aliphatic heterocycles. The third-order valence-electron chi connectivity index (χ3n) is 7.01. The van der Waals surface area contributed by atoms with Crippen LogP contribution in [0.15, 0.2) is 67.3 Å². The van der Waals surface area contributed by atoms with Crippen LogP contribution >= 0.6 is 0 Å². The molecule has 1 N–H and O–H groups in total. The second-order valence-electron chi connectivity index (χ2n) is 9.13. The molecule has 0 saturated carbocycles. The number of carbonyl (C=O) groups is 1. The molecule has 0 fully saturated rings. The van der Waals surface area contributed by atoms with Gasteiger partial charge in [0.25, 0.3) is 0 Å². The van der Waals surface area contributed by atoms with Crippen molar-refractivity contribution in [1.82, 2.24) is 0 Å². The Morgan fingerprint density at radius 1 is 1.00 bits per heavy atom. The average Bonchev–Trinajstić information content (AvgIpc) is 3.49. The summed E-state index contributed by atoms with van der Waals surface area (Å²) in [6.07, 6.45) is 3.32. The van der Waals surface area contributed by atoms with Crippen LogP contribution < -0.4 is 18.9 Å². The number of aliphatic carboxylic acids is 1. The van der Waals surface area contributed by atoms with E-state index in [2.05, 4.69) is 13.5 Å². The van der Waals surface area contributed by atoms with Crippen molar-refractivity contribution < 1.29 is 28.8 Å². The first kappa shape index (κ1) is 23.8. The molecule has 0 amide bonds. The summed E-state index contributed by atoms with van der Waals surface area (Å²) < 4.78 is 22.5. The van der Waals surface area contributed by atoms with Crippen LogP contribution in [-0.2, 0) is 11.2 Å². The van der Waals surface area contributed by atoms with Crippen LogP contribution in [0.5, 0.6) is 23.0 Å². The van der Waals surface area contributed by atoms with Crippen molar-refractivity contribution in [2.24, 2.45) is 5.92 Å². The Bertz CT molecular complexity index is 1300. The smallest absolute Gasteiger partial charge is 0.308 e. The highest BCUT2D eigenvalue weighted by molar-refractivity contribution is 5.78. The highest BCUT2D eigenvalue weighted by Crippen LogP contribution is 2.55. The Balaban J connectivity index is 1.70. The SMILES string of the molecule is C=CCc1cc(OC)ccc1C1c2cc(OCCC)ccc2C(c2ccc3c(c2)OCO3)C1C(=O)O. The van der Waals surface area contributed by atoms with Gasteiger partial charge in [0.2, 0.25) is 6.79 Å². The van der Waals surface area contributed by atoms with E-state index in [0.29, 0.717) is 24.5 Å². The normalized spacial score (nSPS) is 19.6. The predicted molar refractivity (Wildman–Crippen MR) is 136 cm³/mol. The van der Waals surface area contributed by atoms with Gasteiger partial charge >= 0.3 is 5.97 Å². The number of allylic oxidation sites excluding steroid dienone is 1. The molecular weight excluding hydrogens is 456 g/mol. The van der Waals surface area contributed by atoms with Crippen molar-refractivity contribution in [2.75, 3.05) is 20.5 Å². The first-order valence-corrected chi connectivity index (χ1v) is 12.2. The van der Waals surface area contributed by atoms with E-state index in [1.165, 1.54) is 0 Å². The summed E-state index contributed by atoms with van der Waals surface area (Å²) in [5.74, 6) is 0.472. The minimum Gasteiger partial charge on any atom is -0.497 e. The van der Waals surface area contributed by atoms with E-state index in [0.717, 1.165) is 45.7 Å². The van der Waals surface area contributed by atoms with Gasteiger partial charge in [-0.1, -0.05) is 31.2 Å². The zero-order chi connectivity index (χ0) is 25.2. The summed E-state index contributed by atoms with van der Waals surface area (Å²) >= 11 is 0. The van der Waals surface area contributed by atoms with Gasteiger partial charge in [-0.3, -0.25) is 4.79 Å². The number of rotatable bonds is 9. The van der Waals surface area contributed by atoms with Crippen LogP contribution in [0.3, 0.4) is 0 Å². The first-order valence-electron chi connectivity index (χ1n) is 12.2. The largest absolute Gasteiger partial charge is 0.497 e. The van der Waals surface area contributed by atoms with E-state index in [1.54, 1.807) is 7.11 Å². The second kappa shape index (κ2) is 9.97. The Kier molecular flexibility index (Phi) is 6.59. The molecule has 3 aromatic rings. The number of benzene rings is 3. The number of methoxy groups -OCH3 is 1. The summed E-state index contributed by atoms with van der Waals surface area (Å²) in [5.41, 5.74) is 4.79. The molecule has 186 valence electrons. The van der Waals surface area contributed by atoms with Crippen LogP contribution in [0.1, 0.15) is 53.0 Å². The quantitative estimate of drug-likeness (QED) is 0.379. The molecule has 0 bridgehead atoms. The van der Waals surface area contributed by atoms with E-state index in [1.807, 2.05) is 60.7 Å². The Morgan fingerprint density at radius 3 is 2.53 bits per heavy atom. The molecule has 1 aliphatic carbocycles. The molecule has 3 aromatic carbocycles. The molecule has 0 saturated heterocycles. The maximum Gasteiger partial charge on any atom is 0.308 e. The molecule has 6 heteroatoms. The van der Waals surface area contributed by atoms with Gasteiger partial charge in [-0.2, -0.15) is 0 Å². The minimum atomic E-state index is -0.852. The van der Waals surface area contributed by atoms with Gasteiger partial charge in [0.05, 0.1) is 19.6 Å². The van der Waals surface area contributed by atoms with Crippen LogP contribution in [0.2, 0.25) is 0 Å². The number of hydrogen-bond acceptors (Lipinski definition) is 5. The fourth-order valence-electron chi connectivity index (χ4n) is 5.48. The van der Waals surface area contributed by atoms with Gasteiger partial charge in [0.1, 0.15) is 11.5 Å². The van der Waals surface area contributed by atoms with Crippen molar-refractivity contribution in [3.63, 3.8) is 0 Å².